The van der Waals surface area contributed by atoms with Gasteiger partial charge in [-0.25, -0.2) is 0 Å². The van der Waals surface area contributed by atoms with E-state index in [9.17, 15) is 18.6 Å². The number of fused-ring (bicyclic) bond motifs is 1. The highest BCUT2D eigenvalue weighted by atomic mass is 32.2. The summed E-state index contributed by atoms with van der Waals surface area (Å²) < 4.78 is 28.0. The zero-order valence-electron chi connectivity index (χ0n) is 11.9. The number of rotatable bonds is 3. The van der Waals surface area contributed by atoms with E-state index in [2.05, 4.69) is 4.40 Å². The Morgan fingerprint density at radius 3 is 2.30 bits per heavy atom. The predicted molar refractivity (Wildman–Crippen MR) is 88.5 cm³/mol. The summed E-state index contributed by atoms with van der Waals surface area (Å²) >= 11 is 0. The molecule has 0 aliphatic carbocycles. The topological polar surface area (TPSA) is 87.0 Å². The van der Waals surface area contributed by atoms with Crippen molar-refractivity contribution in [2.45, 2.75) is 4.90 Å². The van der Waals surface area contributed by atoms with Gasteiger partial charge in [0.2, 0.25) is 0 Å². The van der Waals surface area contributed by atoms with Gasteiger partial charge in [-0.1, -0.05) is 30.3 Å². The largest absolute Gasteiger partial charge is 0.508 e. The third-order valence-electron chi connectivity index (χ3n) is 3.40. The summed E-state index contributed by atoms with van der Waals surface area (Å²) in [5, 5.41) is 20.8. The maximum absolute atomic E-state index is 12.2. The monoisotopic (exact) mass is 327 g/mol. The van der Waals surface area contributed by atoms with E-state index in [-0.39, 0.29) is 16.4 Å². The summed E-state index contributed by atoms with van der Waals surface area (Å²) in [6, 6.07) is 15.6. The lowest BCUT2D eigenvalue weighted by Gasteiger charge is -2.05. The lowest BCUT2D eigenvalue weighted by molar-refractivity contribution is 0.474. The van der Waals surface area contributed by atoms with Gasteiger partial charge in [0.25, 0.3) is 10.0 Å². The second-order valence-corrected chi connectivity index (χ2v) is 6.56. The Labute approximate surface area is 133 Å². The maximum Gasteiger partial charge on any atom is 0.282 e. The minimum atomic E-state index is -3.91. The minimum absolute atomic E-state index is 0.0281. The molecule has 0 spiro atoms. The summed E-state index contributed by atoms with van der Waals surface area (Å²) in [7, 11) is -3.91. The first kappa shape index (κ1) is 15.1. The van der Waals surface area contributed by atoms with Crippen LogP contribution in [0.2, 0.25) is 0 Å². The van der Waals surface area contributed by atoms with Crippen LogP contribution in [0.4, 0.5) is 0 Å². The van der Waals surface area contributed by atoms with Gasteiger partial charge in [-0.3, -0.25) is 0 Å². The number of hydrogen-bond acceptors (Lipinski definition) is 4. The highest BCUT2D eigenvalue weighted by Gasteiger charge is 2.12. The van der Waals surface area contributed by atoms with Crippen LogP contribution in [0.1, 0.15) is 5.56 Å². The van der Waals surface area contributed by atoms with Crippen molar-refractivity contribution in [3.8, 4) is 11.5 Å². The lowest BCUT2D eigenvalue weighted by Crippen LogP contribution is -1.98. The molecule has 0 amide bonds. The van der Waals surface area contributed by atoms with Crippen LogP contribution in [0.15, 0.2) is 70.0 Å². The standard InChI is InChI=1S/C17H13NO4S/c19-13-6-8-14(9-7-13)23(21,22)18-11-16-15-4-2-1-3-12(15)5-10-17(16)20/h1-11,19-20H/b18-11+. The molecule has 0 saturated heterocycles. The van der Waals surface area contributed by atoms with Crippen LogP contribution in [0, 0.1) is 0 Å². The fourth-order valence-corrected chi connectivity index (χ4v) is 3.07. The zero-order valence-corrected chi connectivity index (χ0v) is 12.7. The van der Waals surface area contributed by atoms with Gasteiger partial charge in [-0.2, -0.15) is 12.8 Å². The SMILES string of the molecule is O=S(=O)(/N=C/c1c(O)ccc2ccccc12)c1ccc(O)cc1. The molecule has 3 rings (SSSR count). The van der Waals surface area contributed by atoms with Gasteiger partial charge in [-0.05, 0) is 41.1 Å². The molecular formula is C17H13NO4S. The van der Waals surface area contributed by atoms with Crippen molar-refractivity contribution in [2.75, 3.05) is 0 Å². The van der Waals surface area contributed by atoms with E-state index in [1.807, 2.05) is 12.1 Å². The summed E-state index contributed by atoms with van der Waals surface area (Å²) in [6.45, 7) is 0. The number of benzene rings is 3. The fourth-order valence-electron chi connectivity index (χ4n) is 2.22. The molecule has 6 heteroatoms. The van der Waals surface area contributed by atoms with Crippen LogP contribution < -0.4 is 0 Å². The molecule has 0 bridgehead atoms. The molecule has 23 heavy (non-hydrogen) atoms. The van der Waals surface area contributed by atoms with E-state index in [4.69, 9.17) is 0 Å². The quantitative estimate of drug-likeness (QED) is 0.724. The molecule has 2 N–H and O–H groups in total. The first-order valence-electron chi connectivity index (χ1n) is 6.77. The van der Waals surface area contributed by atoms with Crippen LogP contribution >= 0.6 is 0 Å². The second-order valence-electron chi connectivity index (χ2n) is 4.92. The molecule has 116 valence electrons. The third kappa shape index (κ3) is 3.02. The van der Waals surface area contributed by atoms with Crippen molar-refractivity contribution in [3.05, 3.63) is 66.2 Å². The van der Waals surface area contributed by atoms with E-state index < -0.39 is 10.0 Å². The fraction of sp³-hybridized carbons (Fsp3) is 0. The Morgan fingerprint density at radius 1 is 0.870 bits per heavy atom. The molecule has 3 aromatic rings. The maximum atomic E-state index is 12.2. The minimum Gasteiger partial charge on any atom is -0.508 e. The van der Waals surface area contributed by atoms with Crippen molar-refractivity contribution >= 4 is 27.0 Å². The number of phenols is 2. The van der Waals surface area contributed by atoms with Crippen LogP contribution in [0.5, 0.6) is 11.5 Å². The lowest BCUT2D eigenvalue weighted by atomic mass is 10.0. The number of hydrogen-bond donors (Lipinski definition) is 2. The van der Waals surface area contributed by atoms with Crippen LogP contribution in [-0.2, 0) is 10.0 Å². The van der Waals surface area contributed by atoms with Gasteiger partial charge < -0.3 is 10.2 Å². The Bertz CT molecular complexity index is 993. The second kappa shape index (κ2) is 5.73. The van der Waals surface area contributed by atoms with Crippen LogP contribution in [0.3, 0.4) is 0 Å². The Morgan fingerprint density at radius 2 is 1.57 bits per heavy atom. The van der Waals surface area contributed by atoms with E-state index in [0.29, 0.717) is 10.9 Å². The first-order chi connectivity index (χ1) is 11.0. The van der Waals surface area contributed by atoms with Crippen LogP contribution in [-0.4, -0.2) is 24.8 Å². The molecule has 0 aliphatic rings. The molecule has 0 unspecified atom stereocenters. The van der Waals surface area contributed by atoms with Gasteiger partial charge in [-0.15, -0.1) is 0 Å². The highest BCUT2D eigenvalue weighted by Crippen LogP contribution is 2.26. The Balaban J connectivity index is 2.06. The van der Waals surface area contributed by atoms with Crippen LogP contribution in [0.25, 0.3) is 10.8 Å². The van der Waals surface area contributed by atoms with Crippen molar-refractivity contribution in [1.82, 2.24) is 0 Å². The van der Waals surface area contributed by atoms with Crippen molar-refractivity contribution < 1.29 is 18.6 Å². The van der Waals surface area contributed by atoms with Crippen molar-refractivity contribution in [1.29, 1.82) is 0 Å². The van der Waals surface area contributed by atoms with E-state index in [1.54, 1.807) is 18.2 Å². The summed E-state index contributed by atoms with van der Waals surface area (Å²) in [6.07, 6.45) is 1.14. The zero-order chi connectivity index (χ0) is 16.4. The Hall–Kier alpha value is -2.86. The Kier molecular flexibility index (Phi) is 3.75. The van der Waals surface area contributed by atoms with E-state index in [1.165, 1.54) is 30.3 Å². The summed E-state index contributed by atoms with van der Waals surface area (Å²) in [5.74, 6) is -0.0759. The average molecular weight is 327 g/mol. The molecule has 0 radical (unpaired) electrons. The molecule has 3 aromatic carbocycles. The molecule has 0 atom stereocenters. The van der Waals surface area contributed by atoms with Gasteiger partial charge in [0.15, 0.2) is 0 Å². The van der Waals surface area contributed by atoms with Crippen molar-refractivity contribution in [2.24, 2.45) is 4.40 Å². The van der Waals surface area contributed by atoms with Gasteiger partial charge in [0, 0.05) is 5.56 Å². The van der Waals surface area contributed by atoms with Gasteiger partial charge in [0.1, 0.15) is 11.5 Å². The molecule has 0 aliphatic heterocycles. The highest BCUT2D eigenvalue weighted by molar-refractivity contribution is 7.90. The molecule has 0 heterocycles. The molecule has 0 fully saturated rings. The summed E-state index contributed by atoms with van der Waals surface area (Å²) in [5.41, 5.74) is 0.338. The molecular weight excluding hydrogens is 314 g/mol. The van der Waals surface area contributed by atoms with Gasteiger partial charge >= 0.3 is 0 Å². The summed E-state index contributed by atoms with van der Waals surface area (Å²) in [4.78, 5) is -0.0359. The predicted octanol–water partition coefficient (Wildman–Crippen LogP) is 3.06. The van der Waals surface area contributed by atoms with E-state index >= 15 is 0 Å². The third-order valence-corrected chi connectivity index (χ3v) is 4.65. The molecule has 0 saturated carbocycles. The average Bonchev–Trinajstić information content (AvgIpc) is 2.54. The van der Waals surface area contributed by atoms with Gasteiger partial charge in [0.05, 0.1) is 11.1 Å². The number of aromatic hydroxyl groups is 2. The van der Waals surface area contributed by atoms with E-state index in [0.717, 1.165) is 11.6 Å². The normalized spacial score (nSPS) is 12.0. The van der Waals surface area contributed by atoms with Crippen molar-refractivity contribution in [3.63, 3.8) is 0 Å². The number of sulfonamides is 1. The number of phenolic OH excluding ortho intramolecular Hbond substituents is 2. The smallest absolute Gasteiger partial charge is 0.282 e. The first-order valence-corrected chi connectivity index (χ1v) is 8.21. The molecule has 0 aromatic heterocycles. The number of nitrogens with zero attached hydrogens (tertiary/aromatic N) is 1. The molecule has 5 nitrogen and oxygen atoms in total.